The van der Waals surface area contributed by atoms with Crippen molar-refractivity contribution in [3.8, 4) is 28.6 Å². The number of hydrogen-bond donors (Lipinski definition) is 0. The van der Waals surface area contributed by atoms with Gasteiger partial charge < -0.3 is 9.26 Å². The van der Waals surface area contributed by atoms with Crippen LogP contribution in [0.3, 0.4) is 0 Å². The molecule has 3 aromatic heterocycles. The summed E-state index contributed by atoms with van der Waals surface area (Å²) in [6.45, 7) is 0. The largest absolute Gasteiger partial charge is 0.422 e. The van der Waals surface area contributed by atoms with Gasteiger partial charge in [0, 0.05) is 31.2 Å². The molecule has 8 heteroatoms. The van der Waals surface area contributed by atoms with Crippen LogP contribution in [-0.4, -0.2) is 30.9 Å². The summed E-state index contributed by atoms with van der Waals surface area (Å²) in [7, 11) is 1.68. The molecular weight excluding hydrogens is 334 g/mol. The molecular formula is C18H13N5O3. The lowest BCUT2D eigenvalue weighted by Crippen LogP contribution is -2.13. The second kappa shape index (κ2) is 6.60. The van der Waals surface area contributed by atoms with Gasteiger partial charge in [-0.05, 0) is 42.5 Å². The average Bonchev–Trinajstić information content (AvgIpc) is 3.32. The number of ether oxygens (including phenoxy) is 1. The summed E-state index contributed by atoms with van der Waals surface area (Å²) in [6, 6.07) is 12.1. The molecule has 0 saturated heterocycles. The number of pyridine rings is 1. The maximum atomic E-state index is 12.1. The Balaban J connectivity index is 1.51. The van der Waals surface area contributed by atoms with Gasteiger partial charge in [0.25, 0.3) is 5.89 Å². The topological polar surface area (TPSA) is 95.9 Å². The first-order valence-corrected chi connectivity index (χ1v) is 7.75. The van der Waals surface area contributed by atoms with E-state index in [-0.39, 0.29) is 0 Å². The zero-order valence-corrected chi connectivity index (χ0v) is 13.7. The van der Waals surface area contributed by atoms with Crippen LogP contribution in [-0.2, 0) is 7.05 Å². The van der Waals surface area contributed by atoms with E-state index in [0.29, 0.717) is 23.2 Å². The minimum Gasteiger partial charge on any atom is -0.422 e. The number of aromatic nitrogens is 5. The average molecular weight is 347 g/mol. The van der Waals surface area contributed by atoms with E-state index in [1.54, 1.807) is 55.8 Å². The van der Waals surface area contributed by atoms with Gasteiger partial charge in [0.05, 0.1) is 5.56 Å². The Hall–Kier alpha value is -3.81. The van der Waals surface area contributed by atoms with Gasteiger partial charge >= 0.3 is 5.97 Å². The molecule has 8 nitrogen and oxygen atoms in total. The van der Waals surface area contributed by atoms with Crippen molar-refractivity contribution in [1.82, 2.24) is 24.9 Å². The molecule has 26 heavy (non-hydrogen) atoms. The predicted molar refractivity (Wildman–Crippen MR) is 91.1 cm³/mol. The standard InChI is InChI=1S/C18H13N5O3/c1-23-15(8-10-20-23)18(24)25-14-6-4-12(5-7-14)16-21-17(26-22-16)13-3-2-9-19-11-13/h2-11H,1H3. The summed E-state index contributed by atoms with van der Waals surface area (Å²) < 4.78 is 12.1. The highest BCUT2D eigenvalue weighted by atomic mass is 16.5. The summed E-state index contributed by atoms with van der Waals surface area (Å²) in [5, 5.41) is 7.92. The molecule has 0 unspecified atom stereocenters. The first-order chi connectivity index (χ1) is 12.7. The smallest absolute Gasteiger partial charge is 0.361 e. The third-order valence-corrected chi connectivity index (χ3v) is 3.69. The van der Waals surface area contributed by atoms with Crippen LogP contribution < -0.4 is 4.74 Å². The number of rotatable bonds is 4. The van der Waals surface area contributed by atoms with E-state index in [0.717, 1.165) is 11.1 Å². The van der Waals surface area contributed by atoms with Crippen molar-refractivity contribution >= 4 is 5.97 Å². The summed E-state index contributed by atoms with van der Waals surface area (Å²) in [6.07, 6.45) is 4.86. The number of hydrogen-bond acceptors (Lipinski definition) is 7. The molecule has 0 N–H and O–H groups in total. The number of nitrogens with zero attached hydrogens (tertiary/aromatic N) is 5. The van der Waals surface area contributed by atoms with Gasteiger partial charge in [-0.3, -0.25) is 9.67 Å². The van der Waals surface area contributed by atoms with Crippen LogP contribution in [0.25, 0.3) is 22.8 Å². The number of carbonyl (C=O) groups is 1. The third kappa shape index (κ3) is 3.07. The number of benzene rings is 1. The lowest BCUT2D eigenvalue weighted by molar-refractivity contribution is 0.0723. The summed E-state index contributed by atoms with van der Waals surface area (Å²) in [4.78, 5) is 20.5. The van der Waals surface area contributed by atoms with Crippen LogP contribution in [0.4, 0.5) is 0 Å². The van der Waals surface area contributed by atoms with Crippen LogP contribution in [0, 0.1) is 0 Å². The Morgan fingerprint density at radius 3 is 2.62 bits per heavy atom. The van der Waals surface area contributed by atoms with Crippen molar-refractivity contribution in [3.05, 3.63) is 66.7 Å². The highest BCUT2D eigenvalue weighted by molar-refractivity contribution is 5.89. The predicted octanol–water partition coefficient (Wildman–Crippen LogP) is 2.75. The molecule has 0 aliphatic heterocycles. The molecule has 0 aliphatic rings. The molecule has 4 aromatic rings. The van der Waals surface area contributed by atoms with Crippen LogP contribution in [0.15, 0.2) is 65.6 Å². The summed E-state index contributed by atoms with van der Waals surface area (Å²) in [5.74, 6) is 0.764. The molecule has 0 saturated carbocycles. The fourth-order valence-electron chi connectivity index (χ4n) is 2.35. The fraction of sp³-hybridized carbons (Fsp3) is 0.0556. The molecule has 0 amide bonds. The molecule has 3 heterocycles. The minimum atomic E-state index is -0.476. The lowest BCUT2D eigenvalue weighted by Gasteiger charge is -2.04. The van der Waals surface area contributed by atoms with E-state index >= 15 is 0 Å². The normalized spacial score (nSPS) is 10.7. The lowest BCUT2D eigenvalue weighted by atomic mass is 10.2. The number of aryl methyl sites for hydroxylation is 1. The SMILES string of the molecule is Cn1nccc1C(=O)Oc1ccc(-c2noc(-c3cccnc3)n2)cc1. The Bertz CT molecular complexity index is 1040. The molecule has 0 spiro atoms. The first kappa shape index (κ1) is 15.7. The quantitative estimate of drug-likeness (QED) is 0.414. The van der Waals surface area contributed by atoms with Crippen LogP contribution in [0.2, 0.25) is 0 Å². The van der Waals surface area contributed by atoms with Crippen molar-refractivity contribution in [2.45, 2.75) is 0 Å². The van der Waals surface area contributed by atoms with E-state index in [1.807, 2.05) is 6.07 Å². The highest BCUT2D eigenvalue weighted by Gasteiger charge is 2.14. The zero-order valence-electron chi connectivity index (χ0n) is 13.7. The molecule has 1 aromatic carbocycles. The van der Waals surface area contributed by atoms with E-state index < -0.39 is 5.97 Å². The van der Waals surface area contributed by atoms with Gasteiger partial charge in [0.1, 0.15) is 11.4 Å². The second-order valence-electron chi connectivity index (χ2n) is 5.42. The van der Waals surface area contributed by atoms with E-state index in [2.05, 4.69) is 20.2 Å². The number of esters is 1. The van der Waals surface area contributed by atoms with Crippen molar-refractivity contribution < 1.29 is 14.1 Å². The highest BCUT2D eigenvalue weighted by Crippen LogP contribution is 2.23. The van der Waals surface area contributed by atoms with E-state index in [4.69, 9.17) is 9.26 Å². The Morgan fingerprint density at radius 2 is 1.92 bits per heavy atom. The van der Waals surface area contributed by atoms with Gasteiger partial charge in [0.15, 0.2) is 0 Å². The molecule has 0 aliphatic carbocycles. The summed E-state index contributed by atoms with van der Waals surface area (Å²) in [5.41, 5.74) is 1.85. The van der Waals surface area contributed by atoms with Gasteiger partial charge in [-0.2, -0.15) is 10.1 Å². The monoisotopic (exact) mass is 347 g/mol. The molecule has 4 rings (SSSR count). The summed E-state index contributed by atoms with van der Waals surface area (Å²) >= 11 is 0. The van der Waals surface area contributed by atoms with Gasteiger partial charge in [-0.1, -0.05) is 5.16 Å². The maximum absolute atomic E-state index is 12.1. The van der Waals surface area contributed by atoms with Crippen molar-refractivity contribution in [3.63, 3.8) is 0 Å². The van der Waals surface area contributed by atoms with Crippen molar-refractivity contribution in [2.24, 2.45) is 7.05 Å². The van der Waals surface area contributed by atoms with Crippen LogP contribution in [0.5, 0.6) is 5.75 Å². The van der Waals surface area contributed by atoms with Crippen molar-refractivity contribution in [1.29, 1.82) is 0 Å². The van der Waals surface area contributed by atoms with Gasteiger partial charge in [0.2, 0.25) is 5.82 Å². The Kier molecular flexibility index (Phi) is 3.98. The molecule has 128 valence electrons. The third-order valence-electron chi connectivity index (χ3n) is 3.69. The van der Waals surface area contributed by atoms with E-state index in [1.165, 1.54) is 10.9 Å². The Labute approximate surface area is 148 Å². The number of carbonyl (C=O) groups excluding carboxylic acids is 1. The molecule has 0 atom stereocenters. The van der Waals surface area contributed by atoms with Crippen LogP contribution in [0.1, 0.15) is 10.5 Å². The van der Waals surface area contributed by atoms with Gasteiger partial charge in [-0.15, -0.1) is 0 Å². The van der Waals surface area contributed by atoms with Crippen LogP contribution >= 0.6 is 0 Å². The van der Waals surface area contributed by atoms with Crippen molar-refractivity contribution in [2.75, 3.05) is 0 Å². The minimum absolute atomic E-state index is 0.369. The zero-order chi connectivity index (χ0) is 17.9. The van der Waals surface area contributed by atoms with Gasteiger partial charge in [-0.25, -0.2) is 4.79 Å². The Morgan fingerprint density at radius 1 is 1.08 bits per heavy atom. The van der Waals surface area contributed by atoms with E-state index in [9.17, 15) is 4.79 Å². The maximum Gasteiger partial charge on any atom is 0.361 e. The molecule has 0 fully saturated rings. The first-order valence-electron chi connectivity index (χ1n) is 7.75. The molecule has 0 bridgehead atoms. The second-order valence-corrected chi connectivity index (χ2v) is 5.42. The molecule has 0 radical (unpaired) electrons. The fourth-order valence-corrected chi connectivity index (χ4v) is 2.35.